The van der Waals surface area contributed by atoms with Gasteiger partial charge in [-0.05, 0) is 47.5 Å². The van der Waals surface area contributed by atoms with Crippen LogP contribution in [0.4, 0.5) is 11.5 Å². The third-order valence-electron chi connectivity index (χ3n) is 5.91. The van der Waals surface area contributed by atoms with E-state index in [4.69, 9.17) is 4.98 Å². The van der Waals surface area contributed by atoms with Crippen molar-refractivity contribution in [2.45, 2.75) is 6.42 Å². The van der Waals surface area contributed by atoms with Gasteiger partial charge in [-0.1, -0.05) is 30.3 Å². The molecular weight excluding hydrogens is 450 g/mol. The molecule has 0 spiro atoms. The molecule has 0 fully saturated rings. The van der Waals surface area contributed by atoms with Crippen LogP contribution in [0.5, 0.6) is 0 Å². The number of aromatic amines is 2. The van der Waals surface area contributed by atoms with Gasteiger partial charge in [0.1, 0.15) is 5.82 Å². The molecule has 6 aromatic rings. The minimum atomic E-state index is 0.0157. The number of aromatic nitrogens is 6. The molecule has 8 nitrogen and oxygen atoms in total. The number of nitrogens with one attached hydrogen (secondary N) is 3. The largest absolute Gasteiger partial charge is 0.352 e. The molecule has 0 aliphatic carbocycles. The van der Waals surface area contributed by atoms with E-state index >= 15 is 0 Å². The Morgan fingerprint density at radius 2 is 1.78 bits per heavy atom. The van der Waals surface area contributed by atoms with Crippen LogP contribution in [0.1, 0.15) is 16.1 Å². The Hall–Kier alpha value is -5.11. The van der Waals surface area contributed by atoms with Crippen molar-refractivity contribution in [3.05, 3.63) is 109 Å². The lowest BCUT2D eigenvalue weighted by Gasteiger charge is -2.08. The molecule has 8 heteroatoms. The highest BCUT2D eigenvalue weighted by atomic mass is 16.1. The molecule has 0 atom stereocenters. The van der Waals surface area contributed by atoms with Gasteiger partial charge in [-0.2, -0.15) is 5.10 Å². The van der Waals surface area contributed by atoms with Crippen LogP contribution in [-0.4, -0.2) is 35.9 Å². The number of fused-ring (bicyclic) bond motifs is 1. The maximum absolute atomic E-state index is 12.7. The van der Waals surface area contributed by atoms with Gasteiger partial charge >= 0.3 is 0 Å². The highest BCUT2D eigenvalue weighted by Crippen LogP contribution is 2.25. The third kappa shape index (κ3) is 4.47. The first kappa shape index (κ1) is 21.4. The smallest absolute Gasteiger partial charge is 0.183 e. The Morgan fingerprint density at radius 1 is 0.889 bits per heavy atom. The fourth-order valence-electron chi connectivity index (χ4n) is 4.07. The Bertz CT molecular complexity index is 1640. The van der Waals surface area contributed by atoms with Crippen LogP contribution in [0.15, 0.2) is 97.7 Å². The van der Waals surface area contributed by atoms with Gasteiger partial charge in [0.05, 0.1) is 11.9 Å². The van der Waals surface area contributed by atoms with Gasteiger partial charge in [0, 0.05) is 58.9 Å². The zero-order chi connectivity index (χ0) is 24.3. The number of benzene rings is 2. The summed E-state index contributed by atoms with van der Waals surface area (Å²) in [5.41, 5.74) is 6.21. The molecule has 36 heavy (non-hydrogen) atoms. The van der Waals surface area contributed by atoms with Gasteiger partial charge in [0.15, 0.2) is 11.6 Å². The summed E-state index contributed by atoms with van der Waals surface area (Å²) in [5, 5.41) is 11.1. The Kier molecular flexibility index (Phi) is 5.51. The molecule has 3 N–H and O–H groups in total. The van der Waals surface area contributed by atoms with E-state index in [1.165, 1.54) is 0 Å². The van der Waals surface area contributed by atoms with E-state index in [1.807, 2.05) is 72.9 Å². The first-order valence-corrected chi connectivity index (χ1v) is 11.5. The van der Waals surface area contributed by atoms with Crippen molar-refractivity contribution in [1.82, 2.24) is 30.1 Å². The molecule has 0 saturated carbocycles. The summed E-state index contributed by atoms with van der Waals surface area (Å²) in [5.74, 6) is 1.30. The van der Waals surface area contributed by atoms with Crippen LogP contribution < -0.4 is 5.32 Å². The number of rotatable bonds is 7. The molecule has 0 amide bonds. The van der Waals surface area contributed by atoms with Crippen molar-refractivity contribution >= 4 is 28.2 Å². The number of carbonyl (C=O) groups is 1. The Morgan fingerprint density at radius 3 is 2.58 bits per heavy atom. The zero-order valence-electron chi connectivity index (χ0n) is 19.1. The van der Waals surface area contributed by atoms with E-state index < -0.39 is 0 Å². The topological polar surface area (TPSA) is 112 Å². The van der Waals surface area contributed by atoms with Crippen LogP contribution in [0, 0.1) is 0 Å². The van der Waals surface area contributed by atoms with Crippen LogP contribution in [-0.2, 0) is 6.42 Å². The maximum atomic E-state index is 12.7. The van der Waals surface area contributed by atoms with Crippen LogP contribution in [0.2, 0.25) is 0 Å². The zero-order valence-corrected chi connectivity index (χ0v) is 19.1. The van der Waals surface area contributed by atoms with E-state index in [9.17, 15) is 4.79 Å². The van der Waals surface area contributed by atoms with E-state index in [0.717, 1.165) is 38.8 Å². The Balaban J connectivity index is 1.21. The van der Waals surface area contributed by atoms with Crippen LogP contribution in [0.3, 0.4) is 0 Å². The number of Topliss-reactive ketones (excluding diaryl/α,β-unsaturated/α-hetero) is 1. The number of ketones is 1. The van der Waals surface area contributed by atoms with Crippen LogP contribution >= 0.6 is 0 Å². The second-order valence-electron chi connectivity index (χ2n) is 8.40. The maximum Gasteiger partial charge on any atom is 0.183 e. The number of hydrogen-bond acceptors (Lipinski definition) is 6. The van der Waals surface area contributed by atoms with Crippen molar-refractivity contribution in [3.63, 3.8) is 0 Å². The number of carbonyl (C=O) groups excluding carboxylic acids is 1. The SMILES string of the molecule is O=C(Cc1cccnc1)c1cc2ccc(-c3nccc(Nc4ccc(-c5cn[nH]c5)cc4)n3)cc2[nH]1. The second kappa shape index (κ2) is 9.27. The fourth-order valence-corrected chi connectivity index (χ4v) is 4.07. The van der Waals surface area contributed by atoms with Gasteiger partial charge in [-0.3, -0.25) is 14.9 Å². The van der Waals surface area contributed by atoms with Gasteiger partial charge in [-0.15, -0.1) is 0 Å². The van der Waals surface area contributed by atoms with Crippen LogP contribution in [0.25, 0.3) is 33.4 Å². The molecule has 2 aromatic carbocycles. The lowest BCUT2D eigenvalue weighted by Crippen LogP contribution is -2.03. The summed E-state index contributed by atoms with van der Waals surface area (Å²) in [7, 11) is 0. The van der Waals surface area contributed by atoms with Crippen molar-refractivity contribution in [2.24, 2.45) is 0 Å². The molecule has 0 bridgehead atoms. The van der Waals surface area contributed by atoms with Gasteiger partial charge in [-0.25, -0.2) is 9.97 Å². The first-order chi connectivity index (χ1) is 17.7. The monoisotopic (exact) mass is 471 g/mol. The highest BCUT2D eigenvalue weighted by Gasteiger charge is 2.12. The molecule has 0 radical (unpaired) electrons. The third-order valence-corrected chi connectivity index (χ3v) is 5.91. The molecule has 0 saturated heterocycles. The van der Waals surface area contributed by atoms with E-state index in [0.29, 0.717) is 23.8 Å². The predicted molar refractivity (Wildman–Crippen MR) is 139 cm³/mol. The highest BCUT2D eigenvalue weighted by molar-refractivity contribution is 6.01. The summed E-state index contributed by atoms with van der Waals surface area (Å²) in [6, 6.07) is 21.4. The number of anilines is 2. The van der Waals surface area contributed by atoms with Gasteiger partial charge < -0.3 is 10.3 Å². The molecule has 174 valence electrons. The van der Waals surface area contributed by atoms with Crippen molar-refractivity contribution in [1.29, 1.82) is 0 Å². The number of H-pyrrole nitrogens is 2. The lowest BCUT2D eigenvalue weighted by molar-refractivity contribution is 0.0989. The summed E-state index contributed by atoms with van der Waals surface area (Å²) in [6.07, 6.45) is 9.09. The number of hydrogen-bond donors (Lipinski definition) is 3. The van der Waals surface area contributed by atoms with Gasteiger partial charge in [0.2, 0.25) is 0 Å². The quantitative estimate of drug-likeness (QED) is 0.262. The molecule has 6 rings (SSSR count). The average Bonchev–Trinajstić information content (AvgIpc) is 3.60. The second-order valence-corrected chi connectivity index (χ2v) is 8.40. The summed E-state index contributed by atoms with van der Waals surface area (Å²) >= 11 is 0. The van der Waals surface area contributed by atoms with E-state index in [-0.39, 0.29) is 5.78 Å². The van der Waals surface area contributed by atoms with Crippen molar-refractivity contribution in [2.75, 3.05) is 5.32 Å². The fraction of sp³-hybridized carbons (Fsp3) is 0.0357. The van der Waals surface area contributed by atoms with E-state index in [1.54, 1.807) is 24.8 Å². The molecule has 4 heterocycles. The predicted octanol–water partition coefficient (Wildman–Crippen LogP) is 5.58. The standard InChI is InChI=1S/C28H21N7O/c36-26(12-18-2-1-10-29-15-18)25-13-20-3-4-21(14-24(20)34-25)28-30-11-9-27(35-28)33-23-7-5-19(6-8-23)22-16-31-32-17-22/h1-11,13-17,34H,12H2,(H,31,32)(H,30,33,35). The minimum absolute atomic E-state index is 0.0157. The minimum Gasteiger partial charge on any atom is -0.352 e. The summed E-state index contributed by atoms with van der Waals surface area (Å²) in [4.78, 5) is 29.2. The molecule has 0 unspecified atom stereocenters. The lowest BCUT2D eigenvalue weighted by atomic mass is 10.1. The number of nitrogens with zero attached hydrogens (tertiary/aromatic N) is 4. The van der Waals surface area contributed by atoms with Crippen molar-refractivity contribution in [3.8, 4) is 22.5 Å². The molecule has 4 aromatic heterocycles. The van der Waals surface area contributed by atoms with Crippen molar-refractivity contribution < 1.29 is 4.79 Å². The summed E-state index contributed by atoms with van der Waals surface area (Å²) in [6.45, 7) is 0. The average molecular weight is 472 g/mol. The number of pyridine rings is 1. The molecular formula is C28H21N7O. The van der Waals surface area contributed by atoms with Gasteiger partial charge in [0.25, 0.3) is 0 Å². The molecule has 0 aliphatic rings. The summed E-state index contributed by atoms with van der Waals surface area (Å²) < 4.78 is 0. The first-order valence-electron chi connectivity index (χ1n) is 11.5. The normalized spacial score (nSPS) is 11.0. The Labute approximate surface area is 206 Å². The van der Waals surface area contributed by atoms with E-state index in [2.05, 4.69) is 30.5 Å². The molecule has 0 aliphatic heterocycles.